The molecule has 0 spiro atoms. The molecule has 2 aliphatic rings. The monoisotopic (exact) mass is 467 g/mol. The molecule has 3 N–H and O–H groups in total. The van der Waals surface area contributed by atoms with Crippen LogP contribution in [0.1, 0.15) is 49.9 Å². The molecule has 1 fully saturated rings. The summed E-state index contributed by atoms with van der Waals surface area (Å²) in [4.78, 5) is 24.8. The van der Waals surface area contributed by atoms with Gasteiger partial charge in [-0.15, -0.1) is 0 Å². The molecule has 0 bridgehead atoms. The fraction of sp³-hybridized carbons (Fsp3) is 0.440. The molecule has 1 aromatic rings. The van der Waals surface area contributed by atoms with Crippen LogP contribution in [0.15, 0.2) is 58.4 Å². The summed E-state index contributed by atoms with van der Waals surface area (Å²) in [5.41, 5.74) is 7.87. The molecule has 34 heavy (non-hydrogen) atoms. The molecule has 0 radical (unpaired) electrons. The zero-order chi connectivity index (χ0) is 24.5. The third-order valence-electron chi connectivity index (χ3n) is 6.12. The third-order valence-corrected chi connectivity index (χ3v) is 6.12. The maximum Gasteiger partial charge on any atom is 0.271 e. The highest BCUT2D eigenvalue weighted by molar-refractivity contribution is 6.01. The van der Waals surface area contributed by atoms with Crippen molar-refractivity contribution >= 4 is 23.2 Å². The van der Waals surface area contributed by atoms with Gasteiger partial charge in [0.15, 0.2) is 0 Å². The van der Waals surface area contributed by atoms with Gasteiger partial charge in [-0.3, -0.25) is 9.59 Å². The second-order valence-electron chi connectivity index (χ2n) is 8.39. The Hall–Kier alpha value is -3.46. The number of methoxy groups -OCH3 is 2. The Morgan fingerprint density at radius 3 is 2.35 bits per heavy atom. The van der Waals surface area contributed by atoms with Crippen molar-refractivity contribution in [3.05, 3.63) is 53.8 Å². The van der Waals surface area contributed by atoms with Crippen LogP contribution in [-0.2, 0) is 9.53 Å². The first-order chi connectivity index (χ1) is 16.4. The maximum atomic E-state index is 12.5. The Morgan fingerprint density at radius 1 is 1.00 bits per heavy atom. The van der Waals surface area contributed by atoms with Crippen LogP contribution in [0.5, 0.6) is 5.75 Å². The Bertz CT molecular complexity index is 989. The average molecular weight is 468 g/mol. The highest BCUT2D eigenvalue weighted by atomic mass is 16.5. The SMILES string of the molecule is COc1ccc(C(=O)NN=C(C)C2C=CC=C(C(C)=NNC(=O)C3CCC(OC)CC3)N2)cc1. The Balaban J connectivity index is 1.52. The molecule has 182 valence electrons. The molecule has 3 rings (SSSR count). The molecular weight excluding hydrogens is 434 g/mol. The first-order valence-electron chi connectivity index (χ1n) is 11.4. The Kier molecular flexibility index (Phi) is 8.98. The van der Waals surface area contributed by atoms with E-state index in [4.69, 9.17) is 9.47 Å². The van der Waals surface area contributed by atoms with Crippen molar-refractivity contribution in [2.45, 2.75) is 51.7 Å². The van der Waals surface area contributed by atoms with Crippen molar-refractivity contribution in [1.29, 1.82) is 0 Å². The number of ether oxygens (including phenoxy) is 2. The molecule has 9 heteroatoms. The molecule has 0 saturated heterocycles. The minimum atomic E-state index is -0.308. The summed E-state index contributed by atoms with van der Waals surface area (Å²) in [5.74, 6) is 0.278. The average Bonchev–Trinajstić information content (AvgIpc) is 2.90. The fourth-order valence-electron chi connectivity index (χ4n) is 3.86. The maximum absolute atomic E-state index is 12.5. The van der Waals surface area contributed by atoms with E-state index in [1.165, 1.54) is 0 Å². The van der Waals surface area contributed by atoms with Crippen LogP contribution in [0.25, 0.3) is 0 Å². The van der Waals surface area contributed by atoms with Crippen molar-refractivity contribution in [1.82, 2.24) is 16.2 Å². The lowest BCUT2D eigenvalue weighted by Crippen LogP contribution is -2.38. The Labute approximate surface area is 200 Å². The number of dihydropyridines is 1. The van der Waals surface area contributed by atoms with Gasteiger partial charge in [-0.2, -0.15) is 10.2 Å². The summed E-state index contributed by atoms with van der Waals surface area (Å²) in [6.45, 7) is 3.65. The number of hydrazone groups is 2. The quantitative estimate of drug-likeness (QED) is 0.402. The van der Waals surface area contributed by atoms with Gasteiger partial charge in [0.1, 0.15) is 5.75 Å². The summed E-state index contributed by atoms with van der Waals surface area (Å²) >= 11 is 0. The predicted octanol–water partition coefficient (Wildman–Crippen LogP) is 2.91. The van der Waals surface area contributed by atoms with Crippen molar-refractivity contribution < 1.29 is 19.1 Å². The molecule has 1 aromatic carbocycles. The predicted molar refractivity (Wildman–Crippen MR) is 132 cm³/mol. The number of allylic oxidation sites excluding steroid dienone is 3. The second-order valence-corrected chi connectivity index (χ2v) is 8.39. The number of carbonyl (C=O) groups excluding carboxylic acids is 2. The van der Waals surface area contributed by atoms with Crippen molar-refractivity contribution in [2.75, 3.05) is 14.2 Å². The first kappa shape index (κ1) is 25.2. The molecule has 0 aromatic heterocycles. The Morgan fingerprint density at radius 2 is 1.71 bits per heavy atom. The van der Waals surface area contributed by atoms with Crippen LogP contribution >= 0.6 is 0 Å². The number of nitrogens with zero attached hydrogens (tertiary/aromatic N) is 2. The molecule has 1 heterocycles. The molecule has 1 aliphatic carbocycles. The second kappa shape index (κ2) is 12.1. The summed E-state index contributed by atoms with van der Waals surface area (Å²) in [6, 6.07) is 6.58. The van der Waals surface area contributed by atoms with Crippen molar-refractivity contribution in [3.63, 3.8) is 0 Å². The van der Waals surface area contributed by atoms with Crippen molar-refractivity contribution in [2.24, 2.45) is 16.1 Å². The molecule has 1 atom stereocenters. The van der Waals surface area contributed by atoms with Crippen molar-refractivity contribution in [3.8, 4) is 5.75 Å². The van der Waals surface area contributed by atoms with Crippen LogP contribution in [0.2, 0.25) is 0 Å². The van der Waals surface area contributed by atoms with Crippen LogP contribution in [-0.4, -0.2) is 49.6 Å². The number of nitrogens with one attached hydrogen (secondary N) is 3. The van der Waals surface area contributed by atoms with E-state index in [-0.39, 0.29) is 29.9 Å². The topological polar surface area (TPSA) is 113 Å². The highest BCUT2D eigenvalue weighted by Crippen LogP contribution is 2.26. The van der Waals surface area contributed by atoms with Crippen LogP contribution in [0.3, 0.4) is 0 Å². The van der Waals surface area contributed by atoms with Gasteiger partial charge in [-0.05, 0) is 69.9 Å². The normalized spacial score (nSPS) is 22.9. The van der Waals surface area contributed by atoms with Gasteiger partial charge in [0, 0.05) is 18.6 Å². The zero-order valence-electron chi connectivity index (χ0n) is 20.1. The summed E-state index contributed by atoms with van der Waals surface area (Å²) in [6.07, 6.45) is 9.37. The smallest absolute Gasteiger partial charge is 0.271 e. The van der Waals surface area contributed by atoms with Crippen LogP contribution in [0, 0.1) is 5.92 Å². The summed E-state index contributed by atoms with van der Waals surface area (Å²) < 4.78 is 10.5. The van der Waals surface area contributed by atoms with E-state index in [9.17, 15) is 9.59 Å². The number of rotatable bonds is 8. The lowest BCUT2D eigenvalue weighted by atomic mass is 9.87. The van der Waals surface area contributed by atoms with E-state index in [1.807, 2.05) is 32.1 Å². The van der Waals surface area contributed by atoms with Gasteiger partial charge in [0.05, 0.1) is 36.4 Å². The van der Waals surface area contributed by atoms with Gasteiger partial charge in [0.25, 0.3) is 5.91 Å². The minimum Gasteiger partial charge on any atom is -0.497 e. The molecule has 1 unspecified atom stereocenters. The summed E-state index contributed by atoms with van der Waals surface area (Å²) in [5, 5.41) is 11.8. The lowest BCUT2D eigenvalue weighted by molar-refractivity contribution is -0.126. The zero-order valence-corrected chi connectivity index (χ0v) is 20.1. The van der Waals surface area contributed by atoms with Crippen LogP contribution in [0.4, 0.5) is 0 Å². The lowest BCUT2D eigenvalue weighted by Gasteiger charge is -2.26. The highest BCUT2D eigenvalue weighted by Gasteiger charge is 2.26. The van der Waals surface area contributed by atoms with E-state index in [2.05, 4.69) is 26.4 Å². The number of hydrogen-bond acceptors (Lipinski definition) is 7. The van der Waals surface area contributed by atoms with E-state index >= 15 is 0 Å². The summed E-state index contributed by atoms with van der Waals surface area (Å²) in [7, 11) is 3.29. The molecule has 2 amide bonds. The number of carbonyl (C=O) groups is 2. The third kappa shape index (κ3) is 6.77. The van der Waals surface area contributed by atoms with Crippen LogP contribution < -0.4 is 20.9 Å². The van der Waals surface area contributed by atoms with E-state index < -0.39 is 0 Å². The van der Waals surface area contributed by atoms with Gasteiger partial charge in [-0.25, -0.2) is 10.9 Å². The van der Waals surface area contributed by atoms with Gasteiger partial charge in [0.2, 0.25) is 5.91 Å². The molecule has 1 aliphatic heterocycles. The molecule has 1 saturated carbocycles. The van der Waals surface area contributed by atoms with E-state index in [0.29, 0.717) is 22.7 Å². The fourth-order valence-corrected chi connectivity index (χ4v) is 3.86. The molecular formula is C25H33N5O4. The molecule has 9 nitrogen and oxygen atoms in total. The van der Waals surface area contributed by atoms with E-state index in [0.717, 1.165) is 31.4 Å². The van der Waals surface area contributed by atoms with Gasteiger partial charge >= 0.3 is 0 Å². The number of benzene rings is 1. The largest absolute Gasteiger partial charge is 0.497 e. The standard InChI is InChI=1S/C25H33N5O4/c1-16(27-29-24(31)18-8-12-20(33-3)13-9-18)22-6-5-7-23(26-22)17(2)28-30-25(32)19-10-14-21(34-4)15-11-19/h5-9,12-13,19,21-22,26H,10-11,14-15H2,1-4H3,(H,29,31)(H,30,32). The number of amides is 2. The van der Waals surface area contributed by atoms with Gasteiger partial charge in [-0.1, -0.05) is 12.2 Å². The minimum absolute atomic E-state index is 0.0346. The van der Waals surface area contributed by atoms with E-state index in [1.54, 1.807) is 38.5 Å². The van der Waals surface area contributed by atoms with Gasteiger partial charge < -0.3 is 14.8 Å². The first-order valence-corrected chi connectivity index (χ1v) is 11.4. The number of hydrogen-bond donors (Lipinski definition) is 3.